The Morgan fingerprint density at radius 3 is 2.43 bits per heavy atom. The summed E-state index contributed by atoms with van der Waals surface area (Å²) in [6, 6.07) is 7.81. The third kappa shape index (κ3) is 3.03. The maximum absolute atomic E-state index is 12.0. The summed E-state index contributed by atoms with van der Waals surface area (Å²) in [6.07, 6.45) is 0. The lowest BCUT2D eigenvalue weighted by atomic mass is 10.2. The standard InChI is InChI=1S/C13H9ClN2O5/c14-8-4-2-1-3-7(8)13(19)15-9-5-11(17)12(18)6-10(9)16(20)21/h1-6,17-18H,(H,15,19). The number of nitro groups is 1. The van der Waals surface area contributed by atoms with Crippen LogP contribution < -0.4 is 5.32 Å². The van der Waals surface area contributed by atoms with Gasteiger partial charge in [-0.2, -0.15) is 0 Å². The van der Waals surface area contributed by atoms with Crippen molar-refractivity contribution in [2.45, 2.75) is 0 Å². The van der Waals surface area contributed by atoms with Crippen molar-refractivity contribution in [1.82, 2.24) is 0 Å². The van der Waals surface area contributed by atoms with Gasteiger partial charge in [0.05, 0.1) is 21.6 Å². The molecule has 0 bridgehead atoms. The number of anilines is 1. The maximum atomic E-state index is 12.0. The lowest BCUT2D eigenvalue weighted by Gasteiger charge is -2.08. The van der Waals surface area contributed by atoms with Crippen LogP contribution in [0.3, 0.4) is 0 Å². The van der Waals surface area contributed by atoms with E-state index in [1.165, 1.54) is 12.1 Å². The Bertz CT molecular complexity index is 732. The van der Waals surface area contributed by atoms with Crippen LogP contribution in [0.4, 0.5) is 11.4 Å². The number of halogens is 1. The predicted molar refractivity (Wildman–Crippen MR) is 75.8 cm³/mol. The largest absolute Gasteiger partial charge is 0.504 e. The molecule has 21 heavy (non-hydrogen) atoms. The van der Waals surface area contributed by atoms with E-state index in [1.807, 2.05) is 0 Å². The molecule has 108 valence electrons. The number of phenols is 2. The van der Waals surface area contributed by atoms with Crippen molar-refractivity contribution in [3.8, 4) is 11.5 Å². The molecule has 0 aliphatic rings. The van der Waals surface area contributed by atoms with Gasteiger partial charge in [-0.05, 0) is 12.1 Å². The number of nitrogens with zero attached hydrogens (tertiary/aromatic N) is 1. The molecule has 0 aromatic heterocycles. The molecule has 3 N–H and O–H groups in total. The molecule has 0 heterocycles. The molecule has 0 fully saturated rings. The van der Waals surface area contributed by atoms with Crippen LogP contribution in [0.5, 0.6) is 11.5 Å². The summed E-state index contributed by atoms with van der Waals surface area (Å²) in [7, 11) is 0. The molecule has 0 saturated heterocycles. The second kappa shape index (κ2) is 5.68. The third-order valence-electron chi connectivity index (χ3n) is 2.66. The normalized spacial score (nSPS) is 10.1. The predicted octanol–water partition coefficient (Wildman–Crippen LogP) is 2.91. The molecular weight excluding hydrogens is 300 g/mol. The van der Waals surface area contributed by atoms with Crippen molar-refractivity contribution in [2.75, 3.05) is 5.32 Å². The number of rotatable bonds is 3. The quantitative estimate of drug-likeness (QED) is 0.349. The van der Waals surface area contributed by atoms with Gasteiger partial charge in [0.15, 0.2) is 11.5 Å². The van der Waals surface area contributed by atoms with Gasteiger partial charge in [-0.25, -0.2) is 0 Å². The molecule has 0 saturated carbocycles. The summed E-state index contributed by atoms with van der Waals surface area (Å²) in [6.45, 7) is 0. The van der Waals surface area contributed by atoms with Crippen LogP contribution in [0.1, 0.15) is 10.4 Å². The first-order valence-electron chi connectivity index (χ1n) is 5.66. The molecule has 8 heteroatoms. The van der Waals surface area contributed by atoms with E-state index in [4.69, 9.17) is 11.6 Å². The summed E-state index contributed by atoms with van der Waals surface area (Å²) in [4.78, 5) is 22.2. The monoisotopic (exact) mass is 308 g/mol. The minimum Gasteiger partial charge on any atom is -0.504 e. The zero-order valence-electron chi connectivity index (χ0n) is 10.4. The first-order chi connectivity index (χ1) is 9.90. The van der Waals surface area contributed by atoms with Crippen LogP contribution in [0.2, 0.25) is 5.02 Å². The van der Waals surface area contributed by atoms with Crippen molar-refractivity contribution in [3.05, 3.63) is 57.1 Å². The molecule has 0 aliphatic heterocycles. The Labute approximate surface area is 123 Å². The molecule has 0 atom stereocenters. The van der Waals surface area contributed by atoms with Gasteiger partial charge < -0.3 is 15.5 Å². The SMILES string of the molecule is O=C(Nc1cc(O)c(O)cc1[N+](=O)[O-])c1ccccc1Cl. The summed E-state index contributed by atoms with van der Waals surface area (Å²) < 4.78 is 0. The van der Waals surface area contributed by atoms with E-state index >= 15 is 0 Å². The minimum absolute atomic E-state index is 0.126. The van der Waals surface area contributed by atoms with Gasteiger partial charge >= 0.3 is 0 Å². The van der Waals surface area contributed by atoms with Crippen LogP contribution >= 0.6 is 11.6 Å². The van der Waals surface area contributed by atoms with Gasteiger partial charge in [0.25, 0.3) is 11.6 Å². The average molecular weight is 309 g/mol. The highest BCUT2D eigenvalue weighted by atomic mass is 35.5. The first kappa shape index (κ1) is 14.6. The lowest BCUT2D eigenvalue weighted by Crippen LogP contribution is -2.13. The lowest BCUT2D eigenvalue weighted by molar-refractivity contribution is -0.384. The zero-order chi connectivity index (χ0) is 15.6. The third-order valence-corrected chi connectivity index (χ3v) is 2.99. The number of carbonyl (C=O) groups is 1. The van der Waals surface area contributed by atoms with Crippen LogP contribution in [0.15, 0.2) is 36.4 Å². The molecule has 1 amide bonds. The van der Waals surface area contributed by atoms with Gasteiger partial charge in [0.1, 0.15) is 5.69 Å². The van der Waals surface area contributed by atoms with Gasteiger partial charge in [0.2, 0.25) is 0 Å². The highest BCUT2D eigenvalue weighted by Gasteiger charge is 2.21. The second-order valence-corrected chi connectivity index (χ2v) is 4.46. The van der Waals surface area contributed by atoms with Crippen molar-refractivity contribution < 1.29 is 19.9 Å². The smallest absolute Gasteiger partial charge is 0.296 e. The molecule has 2 aromatic carbocycles. The summed E-state index contributed by atoms with van der Waals surface area (Å²) >= 11 is 5.86. The van der Waals surface area contributed by atoms with E-state index in [0.29, 0.717) is 0 Å². The number of aromatic hydroxyl groups is 2. The van der Waals surface area contributed by atoms with E-state index in [2.05, 4.69) is 5.32 Å². The first-order valence-corrected chi connectivity index (χ1v) is 6.04. The zero-order valence-corrected chi connectivity index (χ0v) is 11.2. The molecule has 7 nitrogen and oxygen atoms in total. The Morgan fingerprint density at radius 2 is 1.81 bits per heavy atom. The van der Waals surface area contributed by atoms with Crippen LogP contribution in [0.25, 0.3) is 0 Å². The number of benzene rings is 2. The van der Waals surface area contributed by atoms with Crippen molar-refractivity contribution in [1.29, 1.82) is 0 Å². The summed E-state index contributed by atoms with van der Waals surface area (Å²) in [5.74, 6) is -1.92. The molecule has 0 unspecified atom stereocenters. The Morgan fingerprint density at radius 1 is 1.19 bits per heavy atom. The van der Waals surface area contributed by atoms with Gasteiger partial charge in [-0.3, -0.25) is 14.9 Å². The molecular formula is C13H9ClN2O5. The van der Waals surface area contributed by atoms with Crippen LogP contribution in [-0.4, -0.2) is 21.0 Å². The number of phenolic OH excluding ortho intramolecular Hbond substituents is 2. The van der Waals surface area contributed by atoms with Crippen molar-refractivity contribution in [2.24, 2.45) is 0 Å². The average Bonchev–Trinajstić information content (AvgIpc) is 2.42. The Kier molecular flexibility index (Phi) is 3.95. The fraction of sp³-hybridized carbons (Fsp3) is 0. The Balaban J connectivity index is 2.40. The molecule has 0 radical (unpaired) electrons. The summed E-state index contributed by atoms with van der Waals surface area (Å²) in [5.41, 5.74) is -0.674. The fourth-order valence-corrected chi connectivity index (χ4v) is 1.87. The second-order valence-electron chi connectivity index (χ2n) is 4.05. The summed E-state index contributed by atoms with van der Waals surface area (Å²) in [5, 5.41) is 32.0. The number of carbonyl (C=O) groups excluding carboxylic acids is 1. The molecule has 0 aliphatic carbocycles. The van der Waals surface area contributed by atoms with Gasteiger partial charge in [0, 0.05) is 6.07 Å². The molecule has 2 rings (SSSR count). The number of nitrogens with one attached hydrogen (secondary N) is 1. The van der Waals surface area contributed by atoms with E-state index in [9.17, 15) is 25.1 Å². The minimum atomic E-state index is -0.790. The van der Waals surface area contributed by atoms with Crippen LogP contribution in [-0.2, 0) is 0 Å². The topological polar surface area (TPSA) is 113 Å². The Hall–Kier alpha value is -2.80. The highest BCUT2D eigenvalue weighted by Crippen LogP contribution is 2.36. The highest BCUT2D eigenvalue weighted by molar-refractivity contribution is 6.34. The molecule has 2 aromatic rings. The van der Waals surface area contributed by atoms with E-state index in [0.717, 1.165) is 12.1 Å². The molecule has 0 spiro atoms. The number of hydrogen-bond donors (Lipinski definition) is 3. The van der Waals surface area contributed by atoms with E-state index in [1.54, 1.807) is 12.1 Å². The maximum Gasteiger partial charge on any atom is 0.296 e. The van der Waals surface area contributed by atoms with E-state index in [-0.39, 0.29) is 16.3 Å². The number of amides is 1. The van der Waals surface area contributed by atoms with Crippen LogP contribution in [0, 0.1) is 10.1 Å². The number of hydrogen-bond acceptors (Lipinski definition) is 5. The van der Waals surface area contributed by atoms with E-state index < -0.39 is 28.0 Å². The van der Waals surface area contributed by atoms with Gasteiger partial charge in [-0.1, -0.05) is 23.7 Å². The van der Waals surface area contributed by atoms with Crippen molar-refractivity contribution in [3.63, 3.8) is 0 Å². The van der Waals surface area contributed by atoms with Gasteiger partial charge in [-0.15, -0.1) is 0 Å². The fourth-order valence-electron chi connectivity index (χ4n) is 1.65. The van der Waals surface area contributed by atoms with Crippen molar-refractivity contribution >= 4 is 28.9 Å². The number of nitro benzene ring substituents is 1.